The molecule has 3 rings (SSSR count). The minimum Gasteiger partial charge on any atom is -0.381 e. The molecule has 6 nitrogen and oxygen atoms in total. The quantitative estimate of drug-likeness (QED) is 0.857. The van der Waals surface area contributed by atoms with Crippen LogP contribution in [0.25, 0.3) is 0 Å². The summed E-state index contributed by atoms with van der Waals surface area (Å²) in [4.78, 5) is 16.0. The van der Waals surface area contributed by atoms with Gasteiger partial charge in [-0.15, -0.1) is 0 Å². The average Bonchev–Trinajstić information content (AvgIpc) is 3.12. The maximum atomic E-state index is 11.9. The summed E-state index contributed by atoms with van der Waals surface area (Å²) in [5.41, 5.74) is 0. The summed E-state index contributed by atoms with van der Waals surface area (Å²) in [5.74, 6) is 1.11. The number of nitrogens with one attached hydrogen (secondary N) is 1. The van der Waals surface area contributed by atoms with E-state index in [0.717, 1.165) is 25.7 Å². The first-order valence-electron chi connectivity index (χ1n) is 6.05. The predicted octanol–water partition coefficient (Wildman–Crippen LogP) is 1.31. The third-order valence-corrected chi connectivity index (χ3v) is 3.21. The van der Waals surface area contributed by atoms with E-state index in [1.165, 1.54) is 0 Å². The number of carbonyl (C=O) groups excluding carboxylic acids is 1. The molecule has 0 aromatic carbocycles. The molecule has 2 fully saturated rings. The topological polar surface area (TPSA) is 77.3 Å². The van der Waals surface area contributed by atoms with E-state index in [0.29, 0.717) is 25.0 Å². The second-order valence-electron chi connectivity index (χ2n) is 4.61. The first kappa shape index (κ1) is 10.7. The summed E-state index contributed by atoms with van der Waals surface area (Å²) in [5, 5.41) is 6.53. The van der Waals surface area contributed by atoms with Crippen LogP contribution < -0.4 is 5.32 Å². The first-order valence-corrected chi connectivity index (χ1v) is 6.05. The van der Waals surface area contributed by atoms with Gasteiger partial charge in [-0.2, -0.15) is 4.98 Å². The van der Waals surface area contributed by atoms with Crippen molar-refractivity contribution < 1.29 is 14.1 Å². The largest absolute Gasteiger partial charge is 0.381 e. The molecule has 2 heterocycles. The van der Waals surface area contributed by atoms with Gasteiger partial charge in [0.25, 0.3) is 0 Å². The van der Waals surface area contributed by atoms with Gasteiger partial charge in [0, 0.05) is 25.0 Å². The Kier molecular flexibility index (Phi) is 2.80. The fourth-order valence-corrected chi connectivity index (χ4v) is 1.96. The molecule has 1 aromatic heterocycles. The van der Waals surface area contributed by atoms with E-state index in [4.69, 9.17) is 9.26 Å². The lowest BCUT2D eigenvalue weighted by Gasteiger charge is -2.19. The van der Waals surface area contributed by atoms with Crippen molar-refractivity contribution >= 4 is 11.9 Å². The SMILES string of the molecule is O=C(Nc1nc(C2CC2)no1)C1CCOCC1. The van der Waals surface area contributed by atoms with Gasteiger partial charge in [-0.25, -0.2) is 0 Å². The van der Waals surface area contributed by atoms with Crippen LogP contribution in [0.4, 0.5) is 6.01 Å². The van der Waals surface area contributed by atoms with E-state index >= 15 is 0 Å². The molecule has 92 valence electrons. The van der Waals surface area contributed by atoms with E-state index in [-0.39, 0.29) is 17.8 Å². The molecule has 0 unspecified atom stereocenters. The van der Waals surface area contributed by atoms with E-state index in [1.54, 1.807) is 0 Å². The number of amides is 1. The molecule has 1 aromatic rings. The maximum Gasteiger partial charge on any atom is 0.328 e. The number of nitrogens with zero attached hydrogens (tertiary/aromatic N) is 2. The van der Waals surface area contributed by atoms with Gasteiger partial charge in [0.15, 0.2) is 5.82 Å². The monoisotopic (exact) mass is 237 g/mol. The summed E-state index contributed by atoms with van der Waals surface area (Å²) < 4.78 is 10.2. The third-order valence-electron chi connectivity index (χ3n) is 3.21. The summed E-state index contributed by atoms with van der Waals surface area (Å²) >= 11 is 0. The number of ether oxygens (including phenoxy) is 1. The highest BCUT2D eigenvalue weighted by Gasteiger charge is 2.29. The van der Waals surface area contributed by atoms with Crippen LogP contribution in [-0.2, 0) is 9.53 Å². The summed E-state index contributed by atoms with van der Waals surface area (Å²) in [6.45, 7) is 1.30. The van der Waals surface area contributed by atoms with Gasteiger partial charge in [-0.1, -0.05) is 5.16 Å². The van der Waals surface area contributed by atoms with Crippen molar-refractivity contribution in [1.82, 2.24) is 10.1 Å². The normalized spacial score (nSPS) is 21.4. The highest BCUT2D eigenvalue weighted by atomic mass is 16.5. The fraction of sp³-hybridized carbons (Fsp3) is 0.727. The molecule has 1 saturated carbocycles. The van der Waals surface area contributed by atoms with E-state index in [9.17, 15) is 4.79 Å². The zero-order valence-corrected chi connectivity index (χ0v) is 9.52. The lowest BCUT2D eigenvalue weighted by atomic mass is 10.00. The number of rotatable bonds is 3. The molecule has 1 aliphatic heterocycles. The van der Waals surface area contributed by atoms with Crippen LogP contribution in [0.15, 0.2) is 4.52 Å². The summed E-state index contributed by atoms with van der Waals surface area (Å²) in [6.07, 6.45) is 3.75. The lowest BCUT2D eigenvalue weighted by molar-refractivity contribution is -0.122. The molecule has 0 spiro atoms. The second kappa shape index (κ2) is 4.44. The Morgan fingerprint density at radius 1 is 1.24 bits per heavy atom. The molecule has 0 radical (unpaired) electrons. The second-order valence-corrected chi connectivity index (χ2v) is 4.61. The first-order chi connectivity index (χ1) is 8.33. The molecule has 17 heavy (non-hydrogen) atoms. The number of anilines is 1. The minimum atomic E-state index is -0.0423. The molecule has 0 atom stereocenters. The van der Waals surface area contributed by atoms with Crippen molar-refractivity contribution in [3.05, 3.63) is 5.82 Å². The van der Waals surface area contributed by atoms with Crippen molar-refractivity contribution in [3.63, 3.8) is 0 Å². The Bertz CT molecular complexity index is 408. The van der Waals surface area contributed by atoms with E-state index in [1.807, 2.05) is 0 Å². The predicted molar refractivity (Wildman–Crippen MR) is 58.4 cm³/mol. The van der Waals surface area contributed by atoms with Gasteiger partial charge in [0.1, 0.15) is 0 Å². The van der Waals surface area contributed by atoms with Gasteiger partial charge in [0.2, 0.25) is 5.91 Å². The van der Waals surface area contributed by atoms with Crippen LogP contribution in [0, 0.1) is 5.92 Å². The molecule has 1 saturated heterocycles. The van der Waals surface area contributed by atoms with Crippen molar-refractivity contribution in [2.24, 2.45) is 5.92 Å². The fourth-order valence-electron chi connectivity index (χ4n) is 1.96. The van der Waals surface area contributed by atoms with Crippen LogP contribution in [0.2, 0.25) is 0 Å². The smallest absolute Gasteiger partial charge is 0.328 e. The van der Waals surface area contributed by atoms with Crippen molar-refractivity contribution in [1.29, 1.82) is 0 Å². The van der Waals surface area contributed by atoms with Crippen molar-refractivity contribution in [3.8, 4) is 0 Å². The van der Waals surface area contributed by atoms with Crippen LogP contribution in [0.3, 0.4) is 0 Å². The van der Waals surface area contributed by atoms with Crippen LogP contribution >= 0.6 is 0 Å². The van der Waals surface area contributed by atoms with Crippen molar-refractivity contribution in [2.45, 2.75) is 31.6 Å². The maximum absolute atomic E-state index is 11.9. The van der Waals surface area contributed by atoms with Crippen LogP contribution in [-0.4, -0.2) is 29.3 Å². The zero-order chi connectivity index (χ0) is 11.7. The highest BCUT2D eigenvalue weighted by Crippen LogP contribution is 2.38. The minimum absolute atomic E-state index is 0.0000231. The molecular weight excluding hydrogens is 222 g/mol. The Labute approximate surface area is 98.7 Å². The molecule has 2 aliphatic rings. The van der Waals surface area contributed by atoms with Gasteiger partial charge in [-0.3, -0.25) is 10.1 Å². The highest BCUT2D eigenvalue weighted by molar-refractivity contribution is 5.90. The van der Waals surface area contributed by atoms with Gasteiger partial charge >= 0.3 is 6.01 Å². The van der Waals surface area contributed by atoms with Crippen LogP contribution in [0.5, 0.6) is 0 Å². The third kappa shape index (κ3) is 2.46. The number of hydrogen-bond donors (Lipinski definition) is 1. The van der Waals surface area contributed by atoms with Gasteiger partial charge < -0.3 is 9.26 Å². The van der Waals surface area contributed by atoms with E-state index in [2.05, 4.69) is 15.5 Å². The summed E-state index contributed by atoms with van der Waals surface area (Å²) in [6, 6.07) is 0.225. The Balaban J connectivity index is 1.58. The number of hydrogen-bond acceptors (Lipinski definition) is 5. The number of aromatic nitrogens is 2. The molecule has 1 amide bonds. The molecule has 0 bridgehead atoms. The zero-order valence-electron chi connectivity index (χ0n) is 9.52. The average molecular weight is 237 g/mol. The Morgan fingerprint density at radius 2 is 2.00 bits per heavy atom. The Hall–Kier alpha value is -1.43. The van der Waals surface area contributed by atoms with Gasteiger partial charge in [0.05, 0.1) is 0 Å². The number of carbonyl (C=O) groups is 1. The summed E-state index contributed by atoms with van der Waals surface area (Å²) in [7, 11) is 0. The molecule has 1 N–H and O–H groups in total. The molecular formula is C11H15N3O3. The van der Waals surface area contributed by atoms with E-state index < -0.39 is 0 Å². The lowest BCUT2D eigenvalue weighted by Crippen LogP contribution is -2.28. The van der Waals surface area contributed by atoms with Crippen molar-refractivity contribution in [2.75, 3.05) is 18.5 Å². The Morgan fingerprint density at radius 3 is 2.71 bits per heavy atom. The van der Waals surface area contributed by atoms with Gasteiger partial charge in [-0.05, 0) is 25.7 Å². The molecule has 6 heteroatoms. The van der Waals surface area contributed by atoms with Crippen LogP contribution in [0.1, 0.15) is 37.4 Å². The molecule has 1 aliphatic carbocycles. The standard InChI is InChI=1S/C11H15N3O3/c15-10(8-3-5-16-6-4-8)13-11-12-9(14-17-11)7-1-2-7/h7-8H,1-6H2,(H,12,13,14,15).